The molecule has 1 saturated heterocycles. The van der Waals surface area contributed by atoms with Crippen LogP contribution >= 0.6 is 0 Å². The van der Waals surface area contributed by atoms with E-state index >= 15 is 0 Å². The first-order valence-corrected chi connectivity index (χ1v) is 7.81. The van der Waals surface area contributed by atoms with Gasteiger partial charge in [0.25, 0.3) is 0 Å². The van der Waals surface area contributed by atoms with Crippen LogP contribution in [0.5, 0.6) is 5.75 Å². The van der Waals surface area contributed by atoms with Gasteiger partial charge in [-0.25, -0.2) is 4.98 Å². The van der Waals surface area contributed by atoms with Crippen LogP contribution < -0.4 is 10.5 Å². The third-order valence-corrected chi connectivity index (χ3v) is 4.16. The van der Waals surface area contributed by atoms with Crippen LogP contribution in [0.2, 0.25) is 0 Å². The quantitative estimate of drug-likeness (QED) is 0.877. The average molecular weight is 288 g/mol. The van der Waals surface area contributed by atoms with E-state index in [1.54, 1.807) is 0 Å². The summed E-state index contributed by atoms with van der Waals surface area (Å²) < 4.78 is 8.08. The number of ether oxygens (including phenoxy) is 1. The summed E-state index contributed by atoms with van der Waals surface area (Å²) in [6, 6.07) is 4.01. The molecule has 5 nitrogen and oxygen atoms in total. The standard InChI is InChI=1S/C16H24N4O/c1-13-14(6-7-17)20-10-4-5-15(16(20)18-13)21-12-11-19-8-2-3-9-19/h4-5,10H,2-3,6-9,11-12,17H2,1H3. The molecule has 0 bridgehead atoms. The summed E-state index contributed by atoms with van der Waals surface area (Å²) in [5.41, 5.74) is 8.81. The van der Waals surface area contributed by atoms with Crippen LogP contribution in [0, 0.1) is 6.92 Å². The van der Waals surface area contributed by atoms with E-state index in [2.05, 4.69) is 14.3 Å². The summed E-state index contributed by atoms with van der Waals surface area (Å²) in [7, 11) is 0. The van der Waals surface area contributed by atoms with Crippen molar-refractivity contribution in [1.82, 2.24) is 14.3 Å². The molecule has 0 radical (unpaired) electrons. The van der Waals surface area contributed by atoms with Crippen LogP contribution in [0.1, 0.15) is 24.2 Å². The molecule has 21 heavy (non-hydrogen) atoms. The van der Waals surface area contributed by atoms with Crippen molar-refractivity contribution in [2.45, 2.75) is 26.2 Å². The summed E-state index contributed by atoms with van der Waals surface area (Å²) >= 11 is 0. The number of likely N-dealkylation sites (tertiary alicyclic amines) is 1. The summed E-state index contributed by atoms with van der Waals surface area (Å²) in [6.45, 7) is 6.79. The molecule has 2 aromatic rings. The van der Waals surface area contributed by atoms with Gasteiger partial charge in [-0.3, -0.25) is 4.90 Å². The minimum atomic E-state index is 0.634. The van der Waals surface area contributed by atoms with Crippen LogP contribution in [0.3, 0.4) is 0 Å². The third kappa shape index (κ3) is 3.04. The normalized spacial score (nSPS) is 15.9. The number of aromatic nitrogens is 2. The molecule has 0 aliphatic carbocycles. The number of pyridine rings is 1. The van der Waals surface area contributed by atoms with Crippen LogP contribution in [0.25, 0.3) is 5.65 Å². The van der Waals surface area contributed by atoms with Crippen molar-refractivity contribution < 1.29 is 4.74 Å². The van der Waals surface area contributed by atoms with Gasteiger partial charge in [0.2, 0.25) is 0 Å². The molecular formula is C16H24N4O. The van der Waals surface area contributed by atoms with E-state index in [1.807, 2.05) is 25.3 Å². The second-order valence-electron chi connectivity index (χ2n) is 5.65. The number of hydrogen-bond donors (Lipinski definition) is 1. The van der Waals surface area contributed by atoms with E-state index in [1.165, 1.54) is 31.6 Å². The lowest BCUT2D eigenvalue weighted by molar-refractivity contribution is 0.238. The molecular weight excluding hydrogens is 264 g/mol. The predicted molar refractivity (Wildman–Crippen MR) is 83.9 cm³/mol. The molecule has 0 aromatic carbocycles. The second kappa shape index (κ2) is 6.45. The van der Waals surface area contributed by atoms with Crippen LogP contribution in [0.4, 0.5) is 0 Å². The van der Waals surface area contributed by atoms with Crippen LogP contribution in [-0.4, -0.2) is 47.1 Å². The Labute approximate surface area is 125 Å². The van der Waals surface area contributed by atoms with Gasteiger partial charge in [0.05, 0.1) is 5.69 Å². The van der Waals surface area contributed by atoms with Gasteiger partial charge in [-0.15, -0.1) is 0 Å². The molecule has 2 N–H and O–H groups in total. The Morgan fingerprint density at radius 2 is 2.14 bits per heavy atom. The molecule has 0 amide bonds. The van der Waals surface area contributed by atoms with Crippen LogP contribution in [-0.2, 0) is 6.42 Å². The van der Waals surface area contributed by atoms with Gasteiger partial charge in [-0.2, -0.15) is 0 Å². The fourth-order valence-corrected chi connectivity index (χ4v) is 3.05. The fourth-order valence-electron chi connectivity index (χ4n) is 3.05. The number of imidazole rings is 1. The van der Waals surface area contributed by atoms with E-state index in [0.717, 1.165) is 36.7 Å². The first-order valence-electron chi connectivity index (χ1n) is 7.81. The van der Waals surface area contributed by atoms with Gasteiger partial charge in [-0.05, 0) is 51.5 Å². The smallest absolute Gasteiger partial charge is 0.180 e. The molecule has 1 aliphatic heterocycles. The zero-order valence-corrected chi connectivity index (χ0v) is 12.7. The Hall–Kier alpha value is -1.59. The highest BCUT2D eigenvalue weighted by Crippen LogP contribution is 2.22. The highest BCUT2D eigenvalue weighted by molar-refractivity contribution is 5.56. The highest BCUT2D eigenvalue weighted by atomic mass is 16.5. The fraction of sp³-hybridized carbons (Fsp3) is 0.562. The Balaban J connectivity index is 1.74. The number of fused-ring (bicyclic) bond motifs is 1. The van der Waals surface area contributed by atoms with E-state index in [0.29, 0.717) is 6.54 Å². The molecule has 0 spiro atoms. The van der Waals surface area contributed by atoms with E-state index in [-0.39, 0.29) is 0 Å². The first-order chi connectivity index (χ1) is 10.3. The minimum Gasteiger partial charge on any atom is -0.488 e. The maximum absolute atomic E-state index is 5.97. The molecule has 5 heteroatoms. The second-order valence-corrected chi connectivity index (χ2v) is 5.65. The average Bonchev–Trinajstić information content (AvgIpc) is 3.09. The highest BCUT2D eigenvalue weighted by Gasteiger charge is 2.13. The van der Waals surface area contributed by atoms with Crippen molar-refractivity contribution in [3.05, 3.63) is 29.7 Å². The number of nitrogens with zero attached hydrogens (tertiary/aromatic N) is 3. The summed E-state index contributed by atoms with van der Waals surface area (Å²) in [6.07, 6.45) is 5.51. The zero-order valence-electron chi connectivity index (χ0n) is 12.7. The number of rotatable bonds is 6. The lowest BCUT2D eigenvalue weighted by Gasteiger charge is -2.15. The topological polar surface area (TPSA) is 55.8 Å². The Morgan fingerprint density at radius 1 is 1.33 bits per heavy atom. The Morgan fingerprint density at radius 3 is 2.90 bits per heavy atom. The van der Waals surface area contributed by atoms with E-state index in [4.69, 9.17) is 10.5 Å². The zero-order chi connectivity index (χ0) is 14.7. The van der Waals surface area contributed by atoms with Crippen molar-refractivity contribution in [2.24, 2.45) is 5.73 Å². The van der Waals surface area contributed by atoms with Crippen molar-refractivity contribution in [2.75, 3.05) is 32.8 Å². The molecule has 0 atom stereocenters. The summed E-state index contributed by atoms with van der Waals surface area (Å²) in [5, 5.41) is 0. The summed E-state index contributed by atoms with van der Waals surface area (Å²) in [4.78, 5) is 7.11. The molecule has 1 fully saturated rings. The van der Waals surface area contributed by atoms with E-state index < -0.39 is 0 Å². The van der Waals surface area contributed by atoms with Gasteiger partial charge in [-0.1, -0.05) is 0 Å². The van der Waals surface area contributed by atoms with E-state index in [9.17, 15) is 0 Å². The number of nitrogens with two attached hydrogens (primary N) is 1. The number of hydrogen-bond acceptors (Lipinski definition) is 4. The maximum Gasteiger partial charge on any atom is 0.180 e. The van der Waals surface area contributed by atoms with Crippen LogP contribution in [0.15, 0.2) is 18.3 Å². The summed E-state index contributed by atoms with van der Waals surface area (Å²) in [5.74, 6) is 0.864. The minimum absolute atomic E-state index is 0.634. The van der Waals surface area contributed by atoms with Crippen molar-refractivity contribution in [3.63, 3.8) is 0 Å². The van der Waals surface area contributed by atoms with Gasteiger partial charge >= 0.3 is 0 Å². The van der Waals surface area contributed by atoms with Gasteiger partial charge in [0.1, 0.15) is 6.61 Å². The van der Waals surface area contributed by atoms with Crippen molar-refractivity contribution in [3.8, 4) is 5.75 Å². The predicted octanol–water partition coefficient (Wildman–Crippen LogP) is 1.62. The Kier molecular flexibility index (Phi) is 4.41. The molecule has 114 valence electrons. The monoisotopic (exact) mass is 288 g/mol. The molecule has 3 rings (SSSR count). The molecule has 0 saturated carbocycles. The lowest BCUT2D eigenvalue weighted by Crippen LogP contribution is -2.25. The molecule has 0 unspecified atom stereocenters. The van der Waals surface area contributed by atoms with Gasteiger partial charge < -0.3 is 14.9 Å². The molecule has 2 aromatic heterocycles. The maximum atomic E-state index is 5.97. The van der Waals surface area contributed by atoms with Crippen molar-refractivity contribution in [1.29, 1.82) is 0 Å². The largest absolute Gasteiger partial charge is 0.488 e. The molecule has 3 heterocycles. The molecule has 1 aliphatic rings. The SMILES string of the molecule is Cc1nc2c(OCCN3CCCC3)cccn2c1CCN. The lowest BCUT2D eigenvalue weighted by atomic mass is 10.2. The first kappa shape index (κ1) is 14.4. The Bertz CT molecular complexity index is 602. The third-order valence-electron chi connectivity index (χ3n) is 4.16. The van der Waals surface area contributed by atoms with Gasteiger partial charge in [0.15, 0.2) is 11.4 Å². The van der Waals surface area contributed by atoms with Gasteiger partial charge in [0, 0.05) is 24.9 Å². The van der Waals surface area contributed by atoms with Crippen molar-refractivity contribution >= 4 is 5.65 Å². The number of aryl methyl sites for hydroxylation is 1.